The molecule has 0 fully saturated rings. The van der Waals surface area contributed by atoms with Gasteiger partial charge in [-0.2, -0.15) is 13.2 Å². The number of hydrogen-bond donors (Lipinski definition) is 2. The number of methoxy groups -OCH3 is 2. The summed E-state index contributed by atoms with van der Waals surface area (Å²) in [6.07, 6.45) is -3.52. The van der Waals surface area contributed by atoms with Crippen molar-refractivity contribution in [2.24, 2.45) is 10.7 Å². The minimum absolute atomic E-state index is 0.178. The summed E-state index contributed by atoms with van der Waals surface area (Å²) in [5.41, 5.74) is 6.74. The van der Waals surface area contributed by atoms with E-state index in [0.717, 1.165) is 10.5 Å². The van der Waals surface area contributed by atoms with Gasteiger partial charge in [0.1, 0.15) is 0 Å². The lowest BCUT2D eigenvalue weighted by Crippen LogP contribution is -2.35. The van der Waals surface area contributed by atoms with Gasteiger partial charge in [-0.15, -0.1) is 0 Å². The first-order valence-corrected chi connectivity index (χ1v) is 7.75. The lowest BCUT2D eigenvalue weighted by Gasteiger charge is -2.17. The second-order valence-electron chi connectivity index (χ2n) is 5.49. The molecule has 0 unspecified atom stereocenters. The van der Waals surface area contributed by atoms with Crippen LogP contribution in [0.4, 0.5) is 13.2 Å². The maximum atomic E-state index is 12.2. The molecule has 25 heavy (non-hydrogen) atoms. The Kier molecular flexibility index (Phi) is 8.33. The van der Waals surface area contributed by atoms with Crippen LogP contribution in [0.3, 0.4) is 0 Å². The van der Waals surface area contributed by atoms with Gasteiger partial charge in [-0.05, 0) is 31.2 Å². The van der Waals surface area contributed by atoms with Crippen molar-refractivity contribution < 1.29 is 22.6 Å². The van der Waals surface area contributed by atoms with Crippen LogP contribution in [-0.2, 0) is 6.42 Å². The normalized spacial score (nSPS) is 12.4. The van der Waals surface area contributed by atoms with Crippen molar-refractivity contribution in [2.45, 2.75) is 12.6 Å². The first-order chi connectivity index (χ1) is 11.7. The summed E-state index contributed by atoms with van der Waals surface area (Å²) < 4.78 is 47.0. The second-order valence-corrected chi connectivity index (χ2v) is 5.49. The van der Waals surface area contributed by atoms with Crippen molar-refractivity contribution in [3.05, 3.63) is 23.8 Å². The molecule has 0 aliphatic carbocycles. The van der Waals surface area contributed by atoms with E-state index >= 15 is 0 Å². The maximum Gasteiger partial charge on any atom is 0.401 e. The number of rotatable bonds is 9. The minimum atomic E-state index is -4.21. The quantitative estimate of drug-likeness (QED) is 0.516. The molecule has 0 radical (unpaired) electrons. The van der Waals surface area contributed by atoms with E-state index in [1.807, 2.05) is 18.2 Å². The van der Waals surface area contributed by atoms with E-state index < -0.39 is 12.7 Å². The number of ether oxygens (including phenoxy) is 2. The summed E-state index contributed by atoms with van der Waals surface area (Å²) in [5, 5.41) is 2.93. The molecular weight excluding hydrogens is 337 g/mol. The molecule has 0 aliphatic heterocycles. The van der Waals surface area contributed by atoms with E-state index in [0.29, 0.717) is 24.5 Å². The number of hydrogen-bond acceptors (Lipinski definition) is 4. The van der Waals surface area contributed by atoms with E-state index in [1.54, 1.807) is 14.2 Å². The highest BCUT2D eigenvalue weighted by Crippen LogP contribution is 2.27. The van der Waals surface area contributed by atoms with Gasteiger partial charge in [-0.3, -0.25) is 9.89 Å². The predicted molar refractivity (Wildman–Crippen MR) is 91.3 cm³/mol. The highest BCUT2D eigenvalue weighted by Gasteiger charge is 2.28. The standard InChI is InChI=1S/C16H25F3N4O2/c1-23(11-16(17,18)19)9-8-22-15(20)21-7-6-12-4-5-13(24-2)14(10-12)25-3/h4-5,10H,6-9,11H2,1-3H3,(H3,20,21,22). The number of benzene rings is 1. The SMILES string of the molecule is COc1ccc(CCNC(N)=NCCN(C)CC(F)(F)F)cc1OC. The largest absolute Gasteiger partial charge is 0.493 e. The molecule has 0 heterocycles. The lowest BCUT2D eigenvalue weighted by molar-refractivity contribution is -0.142. The molecule has 0 saturated carbocycles. The Labute approximate surface area is 145 Å². The van der Waals surface area contributed by atoms with Crippen LogP contribution in [0.5, 0.6) is 11.5 Å². The van der Waals surface area contributed by atoms with Crippen molar-refractivity contribution in [2.75, 3.05) is 47.4 Å². The molecule has 142 valence electrons. The van der Waals surface area contributed by atoms with Gasteiger partial charge in [0.05, 0.1) is 27.3 Å². The average molecular weight is 362 g/mol. The third kappa shape index (κ3) is 8.48. The van der Waals surface area contributed by atoms with Crippen LogP contribution in [0.2, 0.25) is 0 Å². The number of nitrogens with one attached hydrogen (secondary N) is 1. The molecule has 0 bridgehead atoms. The Morgan fingerprint density at radius 3 is 2.52 bits per heavy atom. The fourth-order valence-corrected chi connectivity index (χ4v) is 2.15. The molecule has 1 aromatic rings. The topological polar surface area (TPSA) is 72.1 Å². The second kappa shape index (κ2) is 9.97. The summed E-state index contributed by atoms with van der Waals surface area (Å²) in [7, 11) is 4.53. The zero-order valence-corrected chi connectivity index (χ0v) is 14.7. The van der Waals surface area contributed by atoms with E-state index in [4.69, 9.17) is 15.2 Å². The van der Waals surface area contributed by atoms with Crippen LogP contribution in [0.25, 0.3) is 0 Å². The summed E-state index contributed by atoms with van der Waals surface area (Å²) >= 11 is 0. The van der Waals surface area contributed by atoms with Crippen molar-refractivity contribution >= 4 is 5.96 Å². The van der Waals surface area contributed by atoms with E-state index in [2.05, 4.69) is 10.3 Å². The molecule has 0 aromatic heterocycles. The van der Waals surface area contributed by atoms with E-state index in [9.17, 15) is 13.2 Å². The highest BCUT2D eigenvalue weighted by molar-refractivity contribution is 5.77. The molecule has 6 nitrogen and oxygen atoms in total. The summed E-state index contributed by atoms with van der Waals surface area (Å²) in [6, 6.07) is 5.62. The fraction of sp³-hybridized carbons (Fsp3) is 0.562. The van der Waals surface area contributed by atoms with Crippen LogP contribution < -0.4 is 20.5 Å². The van der Waals surface area contributed by atoms with E-state index in [1.165, 1.54) is 7.05 Å². The molecule has 0 aliphatic rings. The number of nitrogens with two attached hydrogens (primary N) is 1. The Morgan fingerprint density at radius 2 is 1.92 bits per heavy atom. The van der Waals surface area contributed by atoms with Crippen molar-refractivity contribution in [1.29, 1.82) is 0 Å². The Balaban J connectivity index is 2.35. The highest BCUT2D eigenvalue weighted by atomic mass is 19.4. The van der Waals surface area contributed by atoms with Gasteiger partial charge in [0, 0.05) is 13.1 Å². The average Bonchev–Trinajstić information content (AvgIpc) is 2.53. The zero-order chi connectivity index (χ0) is 18.9. The van der Waals surface area contributed by atoms with Gasteiger partial charge in [-0.1, -0.05) is 6.07 Å². The maximum absolute atomic E-state index is 12.2. The van der Waals surface area contributed by atoms with Gasteiger partial charge < -0.3 is 20.5 Å². The molecule has 0 saturated heterocycles. The molecule has 9 heteroatoms. The third-order valence-corrected chi connectivity index (χ3v) is 3.38. The van der Waals surface area contributed by atoms with Crippen molar-refractivity contribution in [3.8, 4) is 11.5 Å². The van der Waals surface area contributed by atoms with Crippen molar-refractivity contribution in [3.63, 3.8) is 0 Å². The van der Waals surface area contributed by atoms with Crippen LogP contribution >= 0.6 is 0 Å². The fourth-order valence-electron chi connectivity index (χ4n) is 2.15. The zero-order valence-electron chi connectivity index (χ0n) is 14.7. The lowest BCUT2D eigenvalue weighted by atomic mass is 10.1. The number of alkyl halides is 3. The third-order valence-electron chi connectivity index (χ3n) is 3.38. The molecule has 0 amide bonds. The van der Waals surface area contributed by atoms with Gasteiger partial charge >= 0.3 is 6.18 Å². The summed E-state index contributed by atoms with van der Waals surface area (Å²) in [5.74, 6) is 1.51. The molecular formula is C16H25F3N4O2. The monoisotopic (exact) mass is 362 g/mol. The van der Waals surface area contributed by atoms with Crippen LogP contribution in [0.15, 0.2) is 23.2 Å². The van der Waals surface area contributed by atoms with Crippen LogP contribution in [-0.4, -0.2) is 64.5 Å². The van der Waals surface area contributed by atoms with Gasteiger partial charge in [-0.25, -0.2) is 0 Å². The number of halogens is 3. The van der Waals surface area contributed by atoms with Crippen molar-refractivity contribution in [1.82, 2.24) is 10.2 Å². The minimum Gasteiger partial charge on any atom is -0.493 e. The first-order valence-electron chi connectivity index (χ1n) is 7.75. The van der Waals surface area contributed by atoms with E-state index in [-0.39, 0.29) is 19.0 Å². The molecule has 3 N–H and O–H groups in total. The first kappa shape index (κ1) is 20.9. The van der Waals surface area contributed by atoms with Crippen LogP contribution in [0, 0.1) is 0 Å². The summed E-state index contributed by atoms with van der Waals surface area (Å²) in [4.78, 5) is 5.17. The molecule has 0 spiro atoms. The molecule has 1 rings (SSSR count). The Hall–Kier alpha value is -2.16. The van der Waals surface area contributed by atoms with Gasteiger partial charge in [0.15, 0.2) is 17.5 Å². The number of likely N-dealkylation sites (N-methyl/N-ethyl adjacent to an activating group) is 1. The van der Waals surface area contributed by atoms with Gasteiger partial charge in [0.2, 0.25) is 0 Å². The van der Waals surface area contributed by atoms with Crippen LogP contribution in [0.1, 0.15) is 5.56 Å². The summed E-state index contributed by atoms with van der Waals surface area (Å²) in [6.45, 7) is -0.0439. The Morgan fingerprint density at radius 1 is 1.24 bits per heavy atom. The number of aliphatic imine (C=N–C) groups is 1. The Bertz CT molecular complexity index is 565. The number of nitrogens with zero attached hydrogens (tertiary/aromatic N) is 2. The van der Waals surface area contributed by atoms with Gasteiger partial charge in [0.25, 0.3) is 0 Å². The molecule has 0 atom stereocenters. The smallest absolute Gasteiger partial charge is 0.401 e. The predicted octanol–water partition coefficient (Wildman–Crippen LogP) is 1.64. The number of guanidine groups is 1. The molecule has 1 aromatic carbocycles.